The van der Waals surface area contributed by atoms with Gasteiger partial charge in [-0.05, 0) is 29.7 Å². The molecule has 0 atom stereocenters. The van der Waals surface area contributed by atoms with Crippen LogP contribution in [0.4, 0.5) is 0 Å². The van der Waals surface area contributed by atoms with Gasteiger partial charge in [0.25, 0.3) is 0 Å². The van der Waals surface area contributed by atoms with Crippen molar-refractivity contribution in [2.75, 3.05) is 20.8 Å². The van der Waals surface area contributed by atoms with E-state index < -0.39 is 5.97 Å². The molecule has 0 bridgehead atoms. The Balaban J connectivity index is 2.12. The normalized spacial score (nSPS) is 13.3. The molecule has 1 aliphatic rings. The van der Waals surface area contributed by atoms with E-state index in [-0.39, 0.29) is 11.6 Å². The first-order valence-electron chi connectivity index (χ1n) is 7.99. The third-order valence-electron chi connectivity index (χ3n) is 3.82. The fourth-order valence-electron chi connectivity index (χ4n) is 2.47. The summed E-state index contributed by atoms with van der Waals surface area (Å²) < 4.78 is 9.99. The number of carbonyl (C=O) groups excluding carboxylic acids is 2. The van der Waals surface area contributed by atoms with E-state index in [0.717, 1.165) is 22.6 Å². The number of methoxy groups -OCH3 is 2. The van der Waals surface area contributed by atoms with Crippen molar-refractivity contribution in [3.8, 4) is 5.75 Å². The molecule has 0 aromatic heterocycles. The number of hydrogen-bond donors (Lipinski definition) is 1. The molecule has 1 aromatic rings. The second-order valence-corrected chi connectivity index (χ2v) is 5.51. The van der Waals surface area contributed by atoms with Gasteiger partial charge >= 0.3 is 5.97 Å². The molecule has 25 heavy (non-hydrogen) atoms. The molecule has 6 nitrogen and oxygen atoms in total. The predicted octanol–water partition coefficient (Wildman–Crippen LogP) is 2.51. The van der Waals surface area contributed by atoms with Crippen molar-refractivity contribution in [3.63, 3.8) is 0 Å². The van der Waals surface area contributed by atoms with Gasteiger partial charge in [-0.1, -0.05) is 18.2 Å². The molecule has 1 aromatic carbocycles. The summed E-state index contributed by atoms with van der Waals surface area (Å²) >= 11 is 0. The first-order valence-corrected chi connectivity index (χ1v) is 7.99. The lowest BCUT2D eigenvalue weighted by Gasteiger charge is -2.07. The summed E-state index contributed by atoms with van der Waals surface area (Å²) in [7, 11) is 2.92. The maximum absolute atomic E-state index is 12.0. The van der Waals surface area contributed by atoms with Gasteiger partial charge in [0.1, 0.15) is 5.75 Å². The molecule has 6 heteroatoms. The van der Waals surface area contributed by atoms with Crippen molar-refractivity contribution in [1.82, 2.24) is 5.32 Å². The van der Waals surface area contributed by atoms with Crippen LogP contribution in [0.25, 0.3) is 5.57 Å². The Labute approximate surface area is 147 Å². The van der Waals surface area contributed by atoms with Crippen LogP contribution in [0.3, 0.4) is 0 Å². The summed E-state index contributed by atoms with van der Waals surface area (Å²) in [5.74, 6) is 0.177. The minimum atomic E-state index is -0.487. The van der Waals surface area contributed by atoms with Gasteiger partial charge in [0.15, 0.2) is 5.70 Å². The maximum Gasteiger partial charge on any atom is 0.356 e. The lowest BCUT2D eigenvalue weighted by Crippen LogP contribution is -2.28. The molecule has 1 aliphatic heterocycles. The summed E-state index contributed by atoms with van der Waals surface area (Å²) in [6.07, 6.45) is 3.20. The number of carbonyl (C=O) groups is 2. The Bertz CT molecular complexity index is 717. The minimum absolute atomic E-state index is 0.0693. The van der Waals surface area contributed by atoms with Gasteiger partial charge in [-0.25, -0.2) is 9.79 Å². The largest absolute Gasteiger partial charge is 0.497 e. The smallest absolute Gasteiger partial charge is 0.356 e. The first kappa shape index (κ1) is 18.4. The van der Waals surface area contributed by atoms with E-state index in [1.54, 1.807) is 13.2 Å². The van der Waals surface area contributed by atoms with Crippen LogP contribution >= 0.6 is 0 Å². The Morgan fingerprint density at radius 2 is 2.00 bits per heavy atom. The molecule has 0 saturated heterocycles. The Kier molecular flexibility index (Phi) is 6.51. The van der Waals surface area contributed by atoms with Gasteiger partial charge in [0.2, 0.25) is 5.91 Å². The van der Waals surface area contributed by atoms with Gasteiger partial charge in [0.05, 0.1) is 20.8 Å². The van der Waals surface area contributed by atoms with E-state index in [9.17, 15) is 9.59 Å². The molecular weight excluding hydrogens is 320 g/mol. The summed E-state index contributed by atoms with van der Waals surface area (Å²) in [5, 5.41) is 2.81. The number of hydrogen-bond acceptors (Lipinski definition) is 5. The van der Waals surface area contributed by atoms with E-state index >= 15 is 0 Å². The van der Waals surface area contributed by atoms with E-state index in [1.165, 1.54) is 7.11 Å². The number of aliphatic imine (C=N–C) groups is 1. The fourth-order valence-corrected chi connectivity index (χ4v) is 2.47. The lowest BCUT2D eigenvalue weighted by atomic mass is 10.0. The van der Waals surface area contributed by atoms with Crippen molar-refractivity contribution in [2.45, 2.75) is 19.3 Å². The molecule has 0 aliphatic carbocycles. The predicted molar refractivity (Wildman–Crippen MR) is 96.4 cm³/mol. The summed E-state index contributed by atoms with van der Waals surface area (Å²) in [4.78, 5) is 28.1. The van der Waals surface area contributed by atoms with Crippen molar-refractivity contribution in [1.29, 1.82) is 0 Å². The van der Waals surface area contributed by atoms with Gasteiger partial charge < -0.3 is 14.8 Å². The molecule has 0 fully saturated rings. The van der Waals surface area contributed by atoms with Crippen LogP contribution in [0.1, 0.15) is 24.8 Å². The summed E-state index contributed by atoms with van der Waals surface area (Å²) in [6.45, 7) is 3.90. The topological polar surface area (TPSA) is 77.0 Å². The highest BCUT2D eigenvalue weighted by Gasteiger charge is 2.25. The molecule has 1 N–H and O–H groups in total. The number of benzene rings is 1. The standard InChI is InChI=1S/C19H22N2O4/c1-4-5-6-17(22)20-12-14-11-16(18(21-14)19(23)25-3)13-7-9-15(24-2)10-8-13/h4,7-10H,1,5-6,11-12H2,2-3H3,(H,20,22). The molecular formula is C19H22N2O4. The van der Waals surface area contributed by atoms with Crippen LogP contribution in [0.5, 0.6) is 5.75 Å². The van der Waals surface area contributed by atoms with Crippen molar-refractivity contribution in [3.05, 3.63) is 48.2 Å². The molecule has 2 rings (SSSR count). The Hall–Kier alpha value is -2.89. The monoisotopic (exact) mass is 342 g/mol. The van der Waals surface area contributed by atoms with Crippen LogP contribution in [-0.4, -0.2) is 38.4 Å². The number of nitrogens with one attached hydrogen (secondary N) is 1. The Morgan fingerprint density at radius 3 is 2.60 bits per heavy atom. The van der Waals surface area contributed by atoms with E-state index in [1.807, 2.05) is 24.3 Å². The fraction of sp³-hybridized carbons (Fsp3) is 0.316. The zero-order chi connectivity index (χ0) is 18.2. The van der Waals surface area contributed by atoms with Gasteiger partial charge in [-0.3, -0.25) is 4.79 Å². The van der Waals surface area contributed by atoms with E-state index in [4.69, 9.17) is 9.47 Å². The number of rotatable bonds is 8. The number of nitrogens with zero attached hydrogens (tertiary/aromatic N) is 1. The summed E-state index contributed by atoms with van der Waals surface area (Å²) in [5.41, 5.74) is 2.66. The summed E-state index contributed by atoms with van der Waals surface area (Å²) in [6, 6.07) is 7.40. The van der Waals surface area contributed by atoms with Crippen LogP contribution in [0.2, 0.25) is 0 Å². The highest BCUT2D eigenvalue weighted by molar-refractivity contribution is 6.10. The maximum atomic E-state index is 12.0. The van der Waals surface area contributed by atoms with Gasteiger partial charge in [0, 0.05) is 18.6 Å². The SMILES string of the molecule is C=CCCC(=O)NCC1=NC(C(=O)OC)=C(c2ccc(OC)cc2)C1. The molecule has 1 amide bonds. The second-order valence-electron chi connectivity index (χ2n) is 5.51. The molecule has 0 spiro atoms. The average Bonchev–Trinajstić information content (AvgIpc) is 3.08. The highest BCUT2D eigenvalue weighted by atomic mass is 16.5. The number of amides is 1. The quantitative estimate of drug-likeness (QED) is 0.582. The van der Waals surface area contributed by atoms with Crippen molar-refractivity contribution >= 4 is 23.2 Å². The molecule has 132 valence electrons. The minimum Gasteiger partial charge on any atom is -0.497 e. The average molecular weight is 342 g/mol. The van der Waals surface area contributed by atoms with Gasteiger partial charge in [-0.2, -0.15) is 0 Å². The van der Waals surface area contributed by atoms with Crippen LogP contribution in [-0.2, 0) is 14.3 Å². The zero-order valence-electron chi connectivity index (χ0n) is 14.5. The molecule has 0 radical (unpaired) electrons. The van der Waals surface area contributed by atoms with E-state index in [2.05, 4.69) is 16.9 Å². The molecule has 0 unspecified atom stereocenters. The number of ether oxygens (including phenoxy) is 2. The highest BCUT2D eigenvalue weighted by Crippen LogP contribution is 2.31. The molecule has 1 heterocycles. The van der Waals surface area contributed by atoms with Crippen molar-refractivity contribution < 1.29 is 19.1 Å². The van der Waals surface area contributed by atoms with Crippen molar-refractivity contribution in [2.24, 2.45) is 4.99 Å². The Morgan fingerprint density at radius 1 is 1.28 bits per heavy atom. The number of allylic oxidation sites excluding steroid dienone is 2. The van der Waals surface area contributed by atoms with Crippen LogP contribution < -0.4 is 10.1 Å². The second kappa shape index (κ2) is 8.82. The number of esters is 1. The third kappa shape index (κ3) is 4.79. The van der Waals surface area contributed by atoms with Gasteiger partial charge in [-0.15, -0.1) is 6.58 Å². The lowest BCUT2D eigenvalue weighted by molar-refractivity contribution is -0.136. The first-order chi connectivity index (χ1) is 12.1. The third-order valence-corrected chi connectivity index (χ3v) is 3.82. The van der Waals surface area contributed by atoms with Crippen LogP contribution in [0, 0.1) is 0 Å². The van der Waals surface area contributed by atoms with Crippen LogP contribution in [0.15, 0.2) is 47.6 Å². The molecule has 0 saturated carbocycles. The van der Waals surface area contributed by atoms with E-state index in [0.29, 0.717) is 25.8 Å². The zero-order valence-corrected chi connectivity index (χ0v) is 14.5.